The van der Waals surface area contributed by atoms with E-state index in [0.717, 1.165) is 35.3 Å². The second-order valence-electron chi connectivity index (χ2n) is 8.94. The summed E-state index contributed by atoms with van der Waals surface area (Å²) in [7, 11) is 0. The van der Waals surface area contributed by atoms with Gasteiger partial charge in [-0.15, -0.1) is 0 Å². The monoisotopic (exact) mass is 420 g/mol. The van der Waals surface area contributed by atoms with Gasteiger partial charge in [0.2, 0.25) is 0 Å². The lowest BCUT2D eigenvalue weighted by atomic mass is 9.95. The molecule has 5 heteroatoms. The van der Waals surface area contributed by atoms with Gasteiger partial charge in [0.1, 0.15) is 5.58 Å². The second kappa shape index (κ2) is 9.15. The largest absolute Gasteiger partial charge is 0.423 e. The Morgan fingerprint density at radius 1 is 1.10 bits per heavy atom. The van der Waals surface area contributed by atoms with Gasteiger partial charge in [0.25, 0.3) is 0 Å². The Morgan fingerprint density at radius 2 is 1.81 bits per heavy atom. The summed E-state index contributed by atoms with van der Waals surface area (Å²) in [6.45, 7) is 15.1. The summed E-state index contributed by atoms with van der Waals surface area (Å²) in [5.74, 6) is 0.422. The van der Waals surface area contributed by atoms with Crippen LogP contribution in [0.25, 0.3) is 11.0 Å². The van der Waals surface area contributed by atoms with Crippen LogP contribution in [0.1, 0.15) is 43.4 Å². The predicted molar refractivity (Wildman–Crippen MR) is 129 cm³/mol. The summed E-state index contributed by atoms with van der Waals surface area (Å²) in [6, 6.07) is 14.4. The van der Waals surface area contributed by atoms with Crippen LogP contribution in [0.5, 0.6) is 0 Å². The normalized spacial score (nSPS) is 15.1. The van der Waals surface area contributed by atoms with E-state index in [-0.39, 0.29) is 5.63 Å². The summed E-state index contributed by atoms with van der Waals surface area (Å²) in [5, 5.41) is 4.50. The van der Waals surface area contributed by atoms with Crippen LogP contribution in [-0.4, -0.2) is 32.7 Å². The highest BCUT2D eigenvalue weighted by Crippen LogP contribution is 2.27. The molecule has 1 aromatic heterocycles. The Labute approximate surface area is 184 Å². The third-order valence-electron chi connectivity index (χ3n) is 6.52. The van der Waals surface area contributed by atoms with E-state index in [1.807, 2.05) is 6.07 Å². The fourth-order valence-electron chi connectivity index (χ4n) is 4.58. The molecule has 2 aromatic carbocycles. The van der Waals surface area contributed by atoms with E-state index >= 15 is 0 Å². The molecule has 0 aliphatic carbocycles. The van der Waals surface area contributed by atoms with Crippen molar-refractivity contribution in [3.8, 4) is 0 Å². The van der Waals surface area contributed by atoms with Crippen LogP contribution in [0, 0.1) is 6.92 Å². The van der Waals surface area contributed by atoms with Crippen LogP contribution >= 0.6 is 0 Å². The molecule has 0 atom stereocenters. The summed E-state index contributed by atoms with van der Waals surface area (Å²) in [5.41, 5.74) is 6.11. The molecule has 0 bridgehead atoms. The minimum atomic E-state index is -0.301. The molecule has 3 aromatic rings. The fourth-order valence-corrected chi connectivity index (χ4v) is 4.58. The molecule has 164 valence electrons. The first-order valence-electron chi connectivity index (χ1n) is 11.4. The van der Waals surface area contributed by atoms with Crippen molar-refractivity contribution in [2.24, 2.45) is 0 Å². The van der Waals surface area contributed by atoms with E-state index in [9.17, 15) is 4.79 Å². The van der Waals surface area contributed by atoms with E-state index < -0.39 is 0 Å². The number of nitrogens with one attached hydrogen (secondary N) is 2. The zero-order valence-corrected chi connectivity index (χ0v) is 19.1. The van der Waals surface area contributed by atoms with Crippen LogP contribution in [0.4, 0.5) is 11.4 Å². The van der Waals surface area contributed by atoms with Crippen molar-refractivity contribution in [1.82, 2.24) is 0 Å². The highest BCUT2D eigenvalue weighted by molar-refractivity contribution is 5.82. The van der Waals surface area contributed by atoms with Crippen molar-refractivity contribution in [3.63, 3.8) is 0 Å². The van der Waals surface area contributed by atoms with Crippen molar-refractivity contribution in [2.45, 2.75) is 40.2 Å². The number of benzene rings is 2. The van der Waals surface area contributed by atoms with Gasteiger partial charge in [-0.25, -0.2) is 4.79 Å². The molecular weight excluding hydrogens is 386 g/mol. The number of aryl methyl sites for hydroxylation is 1. The van der Waals surface area contributed by atoms with Gasteiger partial charge >= 0.3 is 5.63 Å². The first kappa shape index (κ1) is 21.4. The third kappa shape index (κ3) is 4.77. The van der Waals surface area contributed by atoms with E-state index in [1.165, 1.54) is 30.9 Å². The molecule has 4 rings (SSSR count). The van der Waals surface area contributed by atoms with Crippen molar-refractivity contribution >= 4 is 22.3 Å². The fraction of sp³-hybridized carbons (Fsp3) is 0.423. The Morgan fingerprint density at radius 3 is 2.45 bits per heavy atom. The van der Waals surface area contributed by atoms with Crippen LogP contribution in [0.2, 0.25) is 0 Å². The number of nitrogens with zero attached hydrogens (tertiary/aromatic N) is 1. The molecule has 0 amide bonds. The second-order valence-corrected chi connectivity index (χ2v) is 8.94. The standard InChI is InChI=1S/C26H33N3O2/c1-5-28-10-12-29(13-11-28)22-8-6-21(7-9-22)27-17-20-15-26(30)31-25-14-19(4)23(18(2)3)16-24(20)25/h6-9,14-16,18,27H,5,10-13,17H2,1-4H3/p+1. The SMILES string of the molecule is CC[NH+]1CCN(c2ccc(NCc3cc(=O)oc4cc(C)c(C(C)C)cc34)cc2)CC1. The minimum absolute atomic E-state index is 0.301. The zero-order valence-electron chi connectivity index (χ0n) is 19.1. The lowest BCUT2D eigenvalue weighted by Gasteiger charge is -2.33. The summed E-state index contributed by atoms with van der Waals surface area (Å²) >= 11 is 0. The van der Waals surface area contributed by atoms with Gasteiger partial charge in [0, 0.05) is 29.4 Å². The van der Waals surface area contributed by atoms with Gasteiger partial charge in [0.05, 0.1) is 32.7 Å². The quantitative estimate of drug-likeness (QED) is 0.599. The molecule has 1 aliphatic heterocycles. The first-order chi connectivity index (χ1) is 14.9. The van der Waals surface area contributed by atoms with Gasteiger partial charge in [-0.05, 0) is 72.9 Å². The number of quaternary nitrogens is 1. The summed E-state index contributed by atoms with van der Waals surface area (Å²) in [4.78, 5) is 16.3. The molecular formula is C26H34N3O2+. The number of piperazine rings is 1. The third-order valence-corrected chi connectivity index (χ3v) is 6.52. The molecule has 1 aliphatic rings. The van der Waals surface area contributed by atoms with Gasteiger partial charge in [-0.1, -0.05) is 13.8 Å². The van der Waals surface area contributed by atoms with Crippen LogP contribution in [0.3, 0.4) is 0 Å². The van der Waals surface area contributed by atoms with E-state index in [2.05, 4.69) is 68.2 Å². The van der Waals surface area contributed by atoms with Crippen LogP contribution in [-0.2, 0) is 6.54 Å². The lowest BCUT2D eigenvalue weighted by molar-refractivity contribution is -0.898. The highest BCUT2D eigenvalue weighted by Gasteiger charge is 2.18. The van der Waals surface area contributed by atoms with Crippen molar-refractivity contribution in [1.29, 1.82) is 0 Å². The Balaban J connectivity index is 1.50. The average Bonchev–Trinajstić information content (AvgIpc) is 2.77. The molecule has 0 saturated carbocycles. The Hall–Kier alpha value is -2.79. The highest BCUT2D eigenvalue weighted by atomic mass is 16.4. The molecule has 31 heavy (non-hydrogen) atoms. The number of anilines is 2. The van der Waals surface area contributed by atoms with Crippen LogP contribution in [0.15, 0.2) is 51.7 Å². The number of rotatable bonds is 6. The van der Waals surface area contributed by atoms with Crippen molar-refractivity contribution in [2.75, 3.05) is 42.9 Å². The lowest BCUT2D eigenvalue weighted by Crippen LogP contribution is -3.14. The number of hydrogen-bond donors (Lipinski definition) is 2. The van der Waals surface area contributed by atoms with E-state index in [4.69, 9.17) is 4.42 Å². The molecule has 0 spiro atoms. The van der Waals surface area contributed by atoms with Gasteiger partial charge < -0.3 is 19.5 Å². The summed E-state index contributed by atoms with van der Waals surface area (Å²) < 4.78 is 5.48. The maximum absolute atomic E-state index is 12.1. The predicted octanol–water partition coefficient (Wildman–Crippen LogP) is 3.56. The van der Waals surface area contributed by atoms with Gasteiger partial charge in [0.15, 0.2) is 0 Å². The van der Waals surface area contributed by atoms with Gasteiger partial charge in [-0.2, -0.15) is 0 Å². The molecule has 0 unspecified atom stereocenters. The molecule has 5 nitrogen and oxygen atoms in total. The smallest absolute Gasteiger partial charge is 0.336 e. The van der Waals surface area contributed by atoms with Crippen molar-refractivity contribution in [3.05, 3.63) is 69.6 Å². The average molecular weight is 421 g/mol. The topological polar surface area (TPSA) is 49.9 Å². The first-order valence-corrected chi connectivity index (χ1v) is 11.4. The number of hydrogen-bond acceptors (Lipinski definition) is 4. The maximum atomic E-state index is 12.1. The number of fused-ring (bicyclic) bond motifs is 1. The number of likely N-dealkylation sites (N-methyl/N-ethyl adjacent to an activating group) is 1. The van der Waals surface area contributed by atoms with E-state index in [1.54, 1.807) is 11.0 Å². The van der Waals surface area contributed by atoms with E-state index in [0.29, 0.717) is 18.0 Å². The van der Waals surface area contributed by atoms with Crippen LogP contribution < -0.4 is 20.7 Å². The minimum Gasteiger partial charge on any atom is -0.423 e. The van der Waals surface area contributed by atoms with Gasteiger partial charge in [-0.3, -0.25) is 0 Å². The molecule has 1 saturated heterocycles. The van der Waals surface area contributed by atoms with Crippen molar-refractivity contribution < 1.29 is 9.32 Å². The maximum Gasteiger partial charge on any atom is 0.336 e. The molecule has 2 heterocycles. The summed E-state index contributed by atoms with van der Waals surface area (Å²) in [6.07, 6.45) is 0. The molecule has 0 radical (unpaired) electrons. The Kier molecular flexibility index (Phi) is 6.33. The molecule has 2 N–H and O–H groups in total. The molecule has 1 fully saturated rings. The zero-order chi connectivity index (χ0) is 22.0. The Bertz CT molecular complexity index is 1090.